The summed E-state index contributed by atoms with van der Waals surface area (Å²) in [5, 5.41) is 0. The van der Waals surface area contributed by atoms with Crippen molar-refractivity contribution in [1.82, 2.24) is 14.7 Å². The molecule has 0 aromatic carbocycles. The Morgan fingerprint density at radius 1 is 0.710 bits per heavy atom. The summed E-state index contributed by atoms with van der Waals surface area (Å²) < 4.78 is 10.1. The number of hydrogen-bond acceptors (Lipinski definition) is 7. The number of hydrogen-bond donors (Lipinski definition) is 2. The first kappa shape index (κ1) is 34.4. The molecule has 0 bridgehead atoms. The van der Waals surface area contributed by atoms with E-state index in [1.54, 1.807) is 14.2 Å². The van der Waals surface area contributed by atoms with E-state index in [0.29, 0.717) is 0 Å². The Hall–Kier alpha value is -1.26. The zero-order chi connectivity index (χ0) is 24.9. The average Bonchev–Trinajstić information content (AvgIpc) is 2.74. The maximum atomic E-state index is 5.16. The highest BCUT2D eigenvalue weighted by molar-refractivity contribution is 5.79. The number of nitrogens with two attached hydrogens (primary N) is 2. The maximum Gasteiger partial charge on any atom is 0.225 e. The number of unbranched alkanes of at least 4 members (excludes halogenated alkanes) is 2. The Morgan fingerprint density at radius 2 is 1.03 bits per heavy atom. The highest BCUT2D eigenvalue weighted by Gasteiger charge is 2.24. The fraction of sp³-hybridized carbons (Fsp3) is 0.909. The summed E-state index contributed by atoms with van der Waals surface area (Å²) in [6.45, 7) is 9.28. The Bertz CT molecular complexity index is 419. The second-order valence-electron chi connectivity index (χ2n) is 7.84. The lowest BCUT2D eigenvalue weighted by atomic mass is 10.3. The summed E-state index contributed by atoms with van der Waals surface area (Å²) in [6, 6.07) is 0. The molecule has 31 heavy (non-hydrogen) atoms. The van der Waals surface area contributed by atoms with Gasteiger partial charge in [0.15, 0.2) is 0 Å². The van der Waals surface area contributed by atoms with Crippen LogP contribution in [0.15, 0.2) is 9.98 Å². The maximum absolute atomic E-state index is 5.16. The molecule has 0 aromatic heterocycles. The molecule has 0 fully saturated rings. The van der Waals surface area contributed by atoms with Crippen LogP contribution >= 0.6 is 0 Å². The number of rotatable bonds is 11. The van der Waals surface area contributed by atoms with Crippen LogP contribution in [0.25, 0.3) is 0 Å². The number of aliphatic imine (C=N–C) groups is 2. The van der Waals surface area contributed by atoms with Gasteiger partial charge in [-0.15, -0.1) is 0 Å². The monoisotopic (exact) mass is 447 g/mol. The smallest absolute Gasteiger partial charge is 0.225 e. The lowest BCUT2D eigenvalue weighted by Gasteiger charge is -2.32. The number of ether oxygens (including phenoxy) is 2. The molecule has 9 nitrogen and oxygen atoms in total. The fourth-order valence-electron chi connectivity index (χ4n) is 1.73. The van der Waals surface area contributed by atoms with E-state index < -0.39 is 5.91 Å². The van der Waals surface area contributed by atoms with Gasteiger partial charge in [0, 0.05) is 62.4 Å². The van der Waals surface area contributed by atoms with E-state index in [0.717, 1.165) is 63.5 Å². The van der Waals surface area contributed by atoms with Gasteiger partial charge in [0.1, 0.15) is 0 Å². The second-order valence-corrected chi connectivity index (χ2v) is 7.84. The predicted octanol–water partition coefficient (Wildman–Crippen LogP) is 1.93. The van der Waals surface area contributed by atoms with Crippen molar-refractivity contribution in [3.05, 3.63) is 0 Å². The Labute approximate surface area is 192 Å². The zero-order valence-electron chi connectivity index (χ0n) is 22.4. The van der Waals surface area contributed by atoms with Crippen LogP contribution in [0.3, 0.4) is 0 Å². The highest BCUT2D eigenvalue weighted by Crippen LogP contribution is 2.11. The molecule has 0 aromatic rings. The van der Waals surface area contributed by atoms with Crippen molar-refractivity contribution < 1.29 is 9.47 Å². The minimum Gasteiger partial charge on any atom is -0.367 e. The topological polar surface area (TPSA) is 105 Å². The van der Waals surface area contributed by atoms with Crippen LogP contribution in [0.4, 0.5) is 0 Å². The van der Waals surface area contributed by atoms with Gasteiger partial charge in [-0.05, 0) is 66.7 Å². The zero-order valence-corrected chi connectivity index (χ0v) is 22.4. The van der Waals surface area contributed by atoms with Crippen LogP contribution in [-0.4, -0.2) is 115 Å². The molecule has 0 heterocycles. The van der Waals surface area contributed by atoms with E-state index in [-0.39, 0.29) is 0 Å². The number of methoxy groups -OCH3 is 2. The normalized spacial score (nSPS) is 12.1. The first-order valence-corrected chi connectivity index (χ1v) is 11.0. The van der Waals surface area contributed by atoms with Crippen LogP contribution in [0, 0.1) is 0 Å². The molecule has 0 atom stereocenters. The lowest BCUT2D eigenvalue weighted by molar-refractivity contribution is -0.270. The molecule has 0 aliphatic rings. The van der Waals surface area contributed by atoms with Gasteiger partial charge >= 0.3 is 0 Å². The third kappa shape index (κ3) is 21.7. The first-order valence-electron chi connectivity index (χ1n) is 11.0. The molecule has 4 N–H and O–H groups in total. The van der Waals surface area contributed by atoms with Gasteiger partial charge in [0.05, 0.1) is 11.7 Å². The molecule has 0 saturated carbocycles. The number of nitrogens with zero attached hydrogens (tertiary/aromatic N) is 5. The quantitative estimate of drug-likeness (QED) is 0.216. The first-order chi connectivity index (χ1) is 14.4. The molecule has 9 heteroatoms. The van der Waals surface area contributed by atoms with Gasteiger partial charge in [0.25, 0.3) is 0 Å². The summed E-state index contributed by atoms with van der Waals surface area (Å²) >= 11 is 0. The summed E-state index contributed by atoms with van der Waals surface area (Å²) in [5.41, 5.74) is 10.3. The van der Waals surface area contributed by atoms with Crippen molar-refractivity contribution in [2.75, 3.05) is 82.7 Å². The van der Waals surface area contributed by atoms with Crippen LogP contribution in [0.1, 0.15) is 46.5 Å². The molecule has 0 spiro atoms. The van der Waals surface area contributed by atoms with Crippen molar-refractivity contribution >= 4 is 11.7 Å². The highest BCUT2D eigenvalue weighted by atomic mass is 16.7. The molecular formula is C22H53N7O2. The van der Waals surface area contributed by atoms with E-state index >= 15 is 0 Å². The molecule has 0 aliphatic carbocycles. The molecule has 0 rings (SSSR count). The molecule has 0 saturated heterocycles. The minimum atomic E-state index is -0.583. The Kier molecular flexibility index (Phi) is 24.3. The van der Waals surface area contributed by atoms with E-state index in [2.05, 4.69) is 9.98 Å². The largest absolute Gasteiger partial charge is 0.367 e. The van der Waals surface area contributed by atoms with Gasteiger partial charge in [-0.3, -0.25) is 14.9 Å². The third-order valence-electron chi connectivity index (χ3n) is 4.77. The third-order valence-corrected chi connectivity index (χ3v) is 4.77. The Balaban J connectivity index is -0.000000438. The van der Waals surface area contributed by atoms with Crippen molar-refractivity contribution in [3.63, 3.8) is 0 Å². The lowest BCUT2D eigenvalue weighted by Crippen LogP contribution is -2.44. The summed E-state index contributed by atoms with van der Waals surface area (Å²) in [7, 11) is 15.1. The van der Waals surface area contributed by atoms with Crippen molar-refractivity contribution in [2.24, 2.45) is 21.5 Å². The molecule has 0 radical (unpaired) electrons. The van der Waals surface area contributed by atoms with Gasteiger partial charge in [-0.1, -0.05) is 0 Å². The van der Waals surface area contributed by atoms with Crippen molar-refractivity contribution in [3.8, 4) is 0 Å². The number of amidine groups is 2. The van der Waals surface area contributed by atoms with Crippen LogP contribution in [0.2, 0.25) is 0 Å². The van der Waals surface area contributed by atoms with E-state index in [4.69, 9.17) is 20.9 Å². The molecule has 0 unspecified atom stereocenters. The molecule has 0 aliphatic heterocycles. The minimum absolute atomic E-state index is 0.583. The molecule has 188 valence electrons. The second kappa shape index (κ2) is 22.0. The van der Waals surface area contributed by atoms with Gasteiger partial charge < -0.3 is 30.7 Å². The van der Waals surface area contributed by atoms with E-state index in [1.165, 1.54) is 0 Å². The van der Waals surface area contributed by atoms with Crippen LogP contribution in [-0.2, 0) is 9.47 Å². The predicted molar refractivity (Wildman–Crippen MR) is 136 cm³/mol. The molecule has 0 amide bonds. The summed E-state index contributed by atoms with van der Waals surface area (Å²) in [4.78, 5) is 14.8. The Morgan fingerprint density at radius 3 is 1.19 bits per heavy atom. The van der Waals surface area contributed by atoms with Crippen molar-refractivity contribution in [2.45, 2.75) is 52.4 Å². The summed E-state index contributed by atoms with van der Waals surface area (Å²) in [5.74, 6) is 1.60. The van der Waals surface area contributed by atoms with Crippen LogP contribution in [0.5, 0.6) is 0 Å². The van der Waals surface area contributed by atoms with Gasteiger partial charge in [-0.2, -0.15) is 0 Å². The SMILES string of the molecule is CC(=NCCCCN=C(C)N(C)C)N(C)C.COC(C)(OC)N(C)C.NCCCCN. The van der Waals surface area contributed by atoms with Gasteiger partial charge in [-0.25, -0.2) is 0 Å². The van der Waals surface area contributed by atoms with E-state index in [9.17, 15) is 0 Å². The van der Waals surface area contributed by atoms with Crippen molar-refractivity contribution in [1.29, 1.82) is 0 Å². The summed E-state index contributed by atoms with van der Waals surface area (Å²) in [6.07, 6.45) is 4.35. The standard InChI is InChI=1S/C12H26N4.C6H15NO2.C4H12N2/c1-11(15(3)4)13-9-7-8-10-14-12(2)16(5)6;1-6(8-4,9-5)7(2)3;5-3-1-2-4-6/h7-10H2,1-6H3;1-5H3;1-6H2. The van der Waals surface area contributed by atoms with Gasteiger partial charge in [0.2, 0.25) is 5.91 Å². The van der Waals surface area contributed by atoms with Crippen LogP contribution < -0.4 is 11.5 Å². The van der Waals surface area contributed by atoms with E-state index in [1.807, 2.05) is 77.8 Å². The average molecular weight is 448 g/mol. The molecular weight excluding hydrogens is 394 g/mol. The fourth-order valence-corrected chi connectivity index (χ4v) is 1.73.